The summed E-state index contributed by atoms with van der Waals surface area (Å²) in [6, 6.07) is 14.6. The molecular weight excluding hydrogens is 398 g/mol. The van der Waals surface area contributed by atoms with Crippen molar-refractivity contribution in [3.63, 3.8) is 0 Å². The lowest BCUT2D eigenvalue weighted by Gasteiger charge is -2.34. The van der Waals surface area contributed by atoms with Gasteiger partial charge in [-0.15, -0.1) is 0 Å². The molecule has 1 aliphatic rings. The highest BCUT2D eigenvalue weighted by molar-refractivity contribution is 7.86. The first-order valence-corrected chi connectivity index (χ1v) is 11.0. The summed E-state index contributed by atoms with van der Waals surface area (Å²) >= 11 is 5.89. The summed E-state index contributed by atoms with van der Waals surface area (Å²) in [5.74, 6) is -0.346. The van der Waals surface area contributed by atoms with E-state index in [4.69, 9.17) is 11.6 Å². The van der Waals surface area contributed by atoms with E-state index in [9.17, 15) is 13.2 Å². The molecule has 0 aromatic heterocycles. The Bertz CT molecular complexity index is 915. The SMILES string of the molecule is CCc1ccc(NC(=O)CN2CCCN(Cc3ccc(Cl)cc3)S2(=O)=O)cc1. The molecule has 1 aliphatic heterocycles. The first-order valence-electron chi connectivity index (χ1n) is 9.27. The minimum Gasteiger partial charge on any atom is -0.325 e. The zero-order chi connectivity index (χ0) is 20.1. The molecular formula is C20H24ClN3O3S. The number of hydrogen-bond acceptors (Lipinski definition) is 3. The number of rotatable bonds is 6. The van der Waals surface area contributed by atoms with Gasteiger partial charge in [0.2, 0.25) is 5.91 Å². The Kier molecular flexibility index (Phi) is 6.72. The summed E-state index contributed by atoms with van der Waals surface area (Å²) < 4.78 is 28.4. The Morgan fingerprint density at radius 3 is 2.25 bits per heavy atom. The van der Waals surface area contributed by atoms with Gasteiger partial charge in [0.05, 0.1) is 6.54 Å². The van der Waals surface area contributed by atoms with E-state index in [0.29, 0.717) is 30.2 Å². The van der Waals surface area contributed by atoms with Gasteiger partial charge in [0.25, 0.3) is 10.2 Å². The van der Waals surface area contributed by atoms with Gasteiger partial charge in [-0.1, -0.05) is 42.8 Å². The predicted molar refractivity (Wildman–Crippen MR) is 111 cm³/mol. The van der Waals surface area contributed by atoms with Crippen LogP contribution in [0.25, 0.3) is 0 Å². The van der Waals surface area contributed by atoms with Crippen LogP contribution in [0.3, 0.4) is 0 Å². The number of aryl methyl sites for hydroxylation is 1. The second kappa shape index (κ2) is 9.05. The summed E-state index contributed by atoms with van der Waals surface area (Å²) in [5, 5.41) is 3.38. The molecule has 3 rings (SSSR count). The number of carbonyl (C=O) groups excluding carboxylic acids is 1. The maximum absolute atomic E-state index is 12.9. The molecule has 0 radical (unpaired) electrons. The second-order valence-corrected chi connectivity index (χ2v) is 9.12. The molecule has 1 fully saturated rings. The van der Waals surface area contributed by atoms with E-state index in [0.717, 1.165) is 12.0 Å². The van der Waals surface area contributed by atoms with Crippen LogP contribution in [-0.2, 0) is 28.0 Å². The molecule has 6 nitrogen and oxygen atoms in total. The van der Waals surface area contributed by atoms with Crippen LogP contribution in [0.4, 0.5) is 5.69 Å². The van der Waals surface area contributed by atoms with E-state index in [2.05, 4.69) is 12.2 Å². The number of halogens is 1. The number of amides is 1. The maximum Gasteiger partial charge on any atom is 0.282 e. The topological polar surface area (TPSA) is 69.7 Å². The third kappa shape index (κ3) is 5.11. The van der Waals surface area contributed by atoms with E-state index in [-0.39, 0.29) is 19.0 Å². The molecule has 2 aromatic rings. The molecule has 0 saturated carbocycles. The van der Waals surface area contributed by atoms with Gasteiger partial charge in [-0.3, -0.25) is 4.79 Å². The lowest BCUT2D eigenvalue weighted by Crippen LogP contribution is -2.51. The number of carbonyl (C=O) groups is 1. The van der Waals surface area contributed by atoms with Crippen molar-refractivity contribution in [2.75, 3.05) is 25.0 Å². The zero-order valence-electron chi connectivity index (χ0n) is 15.8. The molecule has 1 amide bonds. The second-order valence-electron chi connectivity index (χ2n) is 6.75. The van der Waals surface area contributed by atoms with Crippen molar-refractivity contribution in [1.29, 1.82) is 0 Å². The van der Waals surface area contributed by atoms with Gasteiger partial charge in [0.15, 0.2) is 0 Å². The van der Waals surface area contributed by atoms with Crippen LogP contribution >= 0.6 is 11.6 Å². The van der Waals surface area contributed by atoms with Crippen LogP contribution in [0.15, 0.2) is 48.5 Å². The molecule has 0 atom stereocenters. The van der Waals surface area contributed by atoms with Gasteiger partial charge < -0.3 is 5.32 Å². The van der Waals surface area contributed by atoms with Crippen LogP contribution in [0.1, 0.15) is 24.5 Å². The highest BCUT2D eigenvalue weighted by Crippen LogP contribution is 2.20. The summed E-state index contributed by atoms with van der Waals surface area (Å²) in [6.45, 7) is 2.89. The number of nitrogens with one attached hydrogen (secondary N) is 1. The number of anilines is 1. The normalized spacial score (nSPS) is 17.4. The minimum absolute atomic E-state index is 0.199. The first-order chi connectivity index (χ1) is 13.4. The van der Waals surface area contributed by atoms with E-state index in [1.165, 1.54) is 14.2 Å². The lowest BCUT2D eigenvalue weighted by molar-refractivity contribution is -0.116. The van der Waals surface area contributed by atoms with Gasteiger partial charge in [-0.2, -0.15) is 17.0 Å². The summed E-state index contributed by atoms with van der Waals surface area (Å²) in [7, 11) is -3.70. The van der Waals surface area contributed by atoms with Crippen molar-refractivity contribution in [2.45, 2.75) is 26.3 Å². The van der Waals surface area contributed by atoms with Gasteiger partial charge >= 0.3 is 0 Å². The Balaban J connectivity index is 1.64. The highest BCUT2D eigenvalue weighted by atomic mass is 35.5. The summed E-state index contributed by atoms with van der Waals surface area (Å²) in [6.07, 6.45) is 1.59. The largest absolute Gasteiger partial charge is 0.325 e. The molecule has 1 heterocycles. The molecule has 0 unspecified atom stereocenters. The third-order valence-electron chi connectivity index (χ3n) is 4.71. The van der Waals surface area contributed by atoms with E-state index >= 15 is 0 Å². The third-order valence-corrected chi connectivity index (χ3v) is 6.89. The number of hydrogen-bond donors (Lipinski definition) is 1. The first kappa shape index (κ1) is 20.8. The monoisotopic (exact) mass is 421 g/mol. The van der Waals surface area contributed by atoms with Crippen LogP contribution in [-0.4, -0.2) is 42.6 Å². The Morgan fingerprint density at radius 2 is 1.61 bits per heavy atom. The van der Waals surface area contributed by atoms with E-state index in [1.54, 1.807) is 12.1 Å². The fourth-order valence-corrected chi connectivity index (χ4v) is 4.88. The van der Waals surface area contributed by atoms with Gasteiger partial charge in [0, 0.05) is 30.3 Å². The fourth-order valence-electron chi connectivity index (χ4n) is 3.12. The molecule has 1 N–H and O–H groups in total. The van der Waals surface area contributed by atoms with Crippen LogP contribution in [0.2, 0.25) is 5.02 Å². The molecule has 0 aliphatic carbocycles. The molecule has 8 heteroatoms. The average Bonchev–Trinajstić information content (AvgIpc) is 2.67. The molecule has 2 aromatic carbocycles. The smallest absolute Gasteiger partial charge is 0.282 e. The van der Waals surface area contributed by atoms with E-state index in [1.807, 2.05) is 36.4 Å². The minimum atomic E-state index is -3.70. The molecule has 150 valence electrons. The Hall–Kier alpha value is -1.93. The maximum atomic E-state index is 12.9. The van der Waals surface area contributed by atoms with Crippen molar-refractivity contribution >= 4 is 33.4 Å². The van der Waals surface area contributed by atoms with E-state index < -0.39 is 10.2 Å². The lowest BCUT2D eigenvalue weighted by atomic mass is 10.1. The van der Waals surface area contributed by atoms with Crippen LogP contribution in [0.5, 0.6) is 0 Å². The molecule has 28 heavy (non-hydrogen) atoms. The van der Waals surface area contributed by atoms with Crippen molar-refractivity contribution < 1.29 is 13.2 Å². The Labute approximate surface area is 171 Å². The van der Waals surface area contributed by atoms with Crippen LogP contribution in [0, 0.1) is 0 Å². The number of benzene rings is 2. The molecule has 0 bridgehead atoms. The highest BCUT2D eigenvalue weighted by Gasteiger charge is 2.34. The number of nitrogens with zero attached hydrogens (tertiary/aromatic N) is 2. The van der Waals surface area contributed by atoms with Crippen molar-refractivity contribution in [3.05, 3.63) is 64.7 Å². The van der Waals surface area contributed by atoms with Crippen LogP contribution < -0.4 is 5.32 Å². The van der Waals surface area contributed by atoms with Crippen molar-refractivity contribution in [2.24, 2.45) is 0 Å². The van der Waals surface area contributed by atoms with Gasteiger partial charge in [-0.25, -0.2) is 0 Å². The fraction of sp³-hybridized carbons (Fsp3) is 0.350. The molecule has 1 saturated heterocycles. The summed E-state index contributed by atoms with van der Waals surface area (Å²) in [5.41, 5.74) is 2.69. The van der Waals surface area contributed by atoms with Gasteiger partial charge in [0.1, 0.15) is 0 Å². The quantitative estimate of drug-likeness (QED) is 0.778. The zero-order valence-corrected chi connectivity index (χ0v) is 17.3. The standard InChI is InChI=1S/C20H24ClN3O3S/c1-2-16-6-10-19(11-7-16)22-20(25)15-24-13-3-12-23(28(24,26)27)14-17-4-8-18(21)9-5-17/h4-11H,2-3,12-15H2,1H3,(H,22,25). The van der Waals surface area contributed by atoms with Crippen molar-refractivity contribution in [3.8, 4) is 0 Å². The van der Waals surface area contributed by atoms with Gasteiger partial charge in [-0.05, 0) is 48.2 Å². The molecule has 0 spiro atoms. The average molecular weight is 422 g/mol. The Morgan fingerprint density at radius 1 is 1.00 bits per heavy atom. The van der Waals surface area contributed by atoms with Crippen molar-refractivity contribution in [1.82, 2.24) is 8.61 Å². The predicted octanol–water partition coefficient (Wildman–Crippen LogP) is 3.29. The summed E-state index contributed by atoms with van der Waals surface area (Å²) in [4.78, 5) is 12.4.